The van der Waals surface area contributed by atoms with Gasteiger partial charge in [0.05, 0.1) is 12.3 Å². The molecule has 0 saturated carbocycles. The number of halogens is 1. The highest BCUT2D eigenvalue weighted by molar-refractivity contribution is 5.85. The number of hydrogen-bond donors (Lipinski definition) is 1. The van der Waals surface area contributed by atoms with E-state index in [1.54, 1.807) is 4.90 Å². The number of likely N-dealkylation sites (tertiary alicyclic amines) is 1. The Kier molecular flexibility index (Phi) is 4.88. The number of fused-ring (bicyclic) bond motifs is 1. The van der Waals surface area contributed by atoms with Crippen LogP contribution in [-0.2, 0) is 28.9 Å². The molecule has 0 bridgehead atoms. The van der Waals surface area contributed by atoms with Crippen LogP contribution in [0.2, 0.25) is 0 Å². The maximum absolute atomic E-state index is 12.2. The molecule has 1 saturated heterocycles. The fraction of sp³-hybridized carbons (Fsp3) is 0.500. The van der Waals surface area contributed by atoms with Gasteiger partial charge in [0.1, 0.15) is 0 Å². The molecule has 114 valence electrons. The smallest absolute Gasteiger partial charge is 0.308 e. The van der Waals surface area contributed by atoms with E-state index in [0.717, 1.165) is 18.4 Å². The van der Waals surface area contributed by atoms with Gasteiger partial charge in [0.2, 0.25) is 5.91 Å². The lowest BCUT2D eigenvalue weighted by Crippen LogP contribution is -2.31. The average Bonchev–Trinajstić information content (AvgIpc) is 3.07. The average molecular weight is 310 g/mol. The predicted octanol–water partition coefficient (Wildman–Crippen LogP) is 2.07. The molecule has 3 rings (SSSR count). The minimum absolute atomic E-state index is 0. The van der Waals surface area contributed by atoms with Gasteiger partial charge < -0.3 is 10.0 Å². The molecule has 2 aliphatic rings. The number of aliphatic carboxylic acids is 1. The minimum atomic E-state index is -0.794. The van der Waals surface area contributed by atoms with E-state index in [2.05, 4.69) is 12.1 Å². The molecule has 1 aliphatic carbocycles. The Morgan fingerprint density at radius 2 is 2.00 bits per heavy atom. The quantitative estimate of drug-likeness (QED) is 0.930. The molecule has 0 spiro atoms. The van der Waals surface area contributed by atoms with Gasteiger partial charge in [-0.25, -0.2) is 0 Å². The number of carboxylic acids is 1. The molecule has 1 atom stereocenters. The lowest BCUT2D eigenvalue weighted by atomic mass is 10.0. The Bertz CT molecular complexity index is 558. The van der Waals surface area contributed by atoms with Crippen LogP contribution in [0.4, 0.5) is 0 Å². The van der Waals surface area contributed by atoms with Crippen LogP contribution >= 0.6 is 12.4 Å². The first-order valence-corrected chi connectivity index (χ1v) is 7.25. The first kappa shape index (κ1) is 15.8. The molecule has 21 heavy (non-hydrogen) atoms. The highest BCUT2D eigenvalue weighted by atomic mass is 35.5. The second-order valence-corrected chi connectivity index (χ2v) is 5.80. The molecule has 0 radical (unpaired) electrons. The Labute approximate surface area is 130 Å². The standard InChI is InChI=1S/C16H19NO3.ClH/c18-15(17-7-6-14(10-17)16(19)20)9-11-4-5-12-2-1-3-13(12)8-11;/h4-5,8,14H,1-3,6-7,9-10H2,(H,19,20);1H. The summed E-state index contributed by atoms with van der Waals surface area (Å²) >= 11 is 0. The zero-order valence-electron chi connectivity index (χ0n) is 11.9. The van der Waals surface area contributed by atoms with Gasteiger partial charge in [0.15, 0.2) is 0 Å². The molecule has 0 aromatic heterocycles. The van der Waals surface area contributed by atoms with Crippen LogP contribution in [0.25, 0.3) is 0 Å². The molecule has 1 aromatic rings. The van der Waals surface area contributed by atoms with E-state index in [-0.39, 0.29) is 24.2 Å². The highest BCUT2D eigenvalue weighted by Gasteiger charge is 2.30. The van der Waals surface area contributed by atoms with Gasteiger partial charge in [0, 0.05) is 13.1 Å². The summed E-state index contributed by atoms with van der Waals surface area (Å²) in [6, 6.07) is 6.31. The molecule has 5 heteroatoms. The van der Waals surface area contributed by atoms with Crippen LogP contribution in [0, 0.1) is 5.92 Å². The van der Waals surface area contributed by atoms with Crippen molar-refractivity contribution in [1.29, 1.82) is 0 Å². The molecule has 1 amide bonds. The zero-order valence-corrected chi connectivity index (χ0v) is 12.7. The van der Waals surface area contributed by atoms with Gasteiger partial charge >= 0.3 is 5.97 Å². The van der Waals surface area contributed by atoms with E-state index >= 15 is 0 Å². The second-order valence-electron chi connectivity index (χ2n) is 5.80. The zero-order chi connectivity index (χ0) is 14.1. The molecule has 4 nitrogen and oxygen atoms in total. The van der Waals surface area contributed by atoms with Crippen LogP contribution < -0.4 is 0 Å². The summed E-state index contributed by atoms with van der Waals surface area (Å²) in [4.78, 5) is 24.8. The molecular formula is C16H20ClNO3. The lowest BCUT2D eigenvalue weighted by Gasteiger charge is -2.16. The summed E-state index contributed by atoms with van der Waals surface area (Å²) in [6.07, 6.45) is 4.43. The lowest BCUT2D eigenvalue weighted by molar-refractivity contribution is -0.141. The molecule has 1 N–H and O–H groups in total. The largest absolute Gasteiger partial charge is 0.481 e. The summed E-state index contributed by atoms with van der Waals surface area (Å²) in [5, 5.41) is 8.97. The van der Waals surface area contributed by atoms with Gasteiger partial charge in [-0.05, 0) is 42.4 Å². The SMILES string of the molecule is Cl.O=C(O)C1CCN(C(=O)Cc2ccc3c(c2)CCC3)C1. The van der Waals surface area contributed by atoms with Crippen LogP contribution in [0.3, 0.4) is 0 Å². The van der Waals surface area contributed by atoms with Crippen LogP contribution in [0.1, 0.15) is 29.5 Å². The number of carbonyl (C=O) groups is 2. The van der Waals surface area contributed by atoms with Crippen molar-refractivity contribution in [2.75, 3.05) is 13.1 Å². The van der Waals surface area contributed by atoms with Gasteiger partial charge in [-0.3, -0.25) is 9.59 Å². The Hall–Kier alpha value is -1.55. The van der Waals surface area contributed by atoms with Crippen LogP contribution in [-0.4, -0.2) is 35.0 Å². The third-order valence-electron chi connectivity index (χ3n) is 4.41. The number of rotatable bonds is 3. The van der Waals surface area contributed by atoms with Crippen molar-refractivity contribution in [2.45, 2.75) is 32.1 Å². The van der Waals surface area contributed by atoms with Crippen LogP contribution in [0.15, 0.2) is 18.2 Å². The number of amides is 1. The number of hydrogen-bond acceptors (Lipinski definition) is 2. The van der Waals surface area contributed by atoms with Crippen molar-refractivity contribution >= 4 is 24.3 Å². The Morgan fingerprint density at radius 1 is 1.24 bits per heavy atom. The van der Waals surface area contributed by atoms with E-state index in [0.29, 0.717) is 25.9 Å². The van der Waals surface area contributed by atoms with Gasteiger partial charge in [-0.1, -0.05) is 18.2 Å². The summed E-state index contributed by atoms with van der Waals surface area (Å²) < 4.78 is 0. The van der Waals surface area contributed by atoms with E-state index < -0.39 is 5.97 Å². The topological polar surface area (TPSA) is 57.6 Å². The number of carboxylic acid groups (broad SMARTS) is 1. The molecule has 1 unspecified atom stereocenters. The number of aryl methyl sites for hydroxylation is 2. The first-order chi connectivity index (χ1) is 9.63. The summed E-state index contributed by atoms with van der Waals surface area (Å²) in [5.74, 6) is -1.14. The molecular weight excluding hydrogens is 290 g/mol. The number of carbonyl (C=O) groups excluding carboxylic acids is 1. The number of benzene rings is 1. The van der Waals surface area contributed by atoms with Crippen molar-refractivity contribution in [3.63, 3.8) is 0 Å². The van der Waals surface area contributed by atoms with E-state index in [4.69, 9.17) is 5.11 Å². The summed E-state index contributed by atoms with van der Waals surface area (Å²) in [5.41, 5.74) is 3.84. The van der Waals surface area contributed by atoms with Crippen molar-refractivity contribution in [3.8, 4) is 0 Å². The van der Waals surface area contributed by atoms with Crippen molar-refractivity contribution in [3.05, 3.63) is 34.9 Å². The molecule has 1 aliphatic heterocycles. The maximum Gasteiger partial charge on any atom is 0.308 e. The van der Waals surface area contributed by atoms with Gasteiger partial charge in [0.25, 0.3) is 0 Å². The fourth-order valence-electron chi connectivity index (χ4n) is 3.21. The number of nitrogens with zero attached hydrogens (tertiary/aromatic N) is 1. The van der Waals surface area contributed by atoms with Crippen molar-refractivity contribution in [1.82, 2.24) is 4.90 Å². The van der Waals surface area contributed by atoms with Crippen LogP contribution in [0.5, 0.6) is 0 Å². The maximum atomic E-state index is 12.2. The third kappa shape index (κ3) is 3.38. The minimum Gasteiger partial charge on any atom is -0.481 e. The Balaban J connectivity index is 0.00000161. The molecule has 1 heterocycles. The van der Waals surface area contributed by atoms with E-state index in [1.165, 1.54) is 17.5 Å². The monoisotopic (exact) mass is 309 g/mol. The van der Waals surface area contributed by atoms with Gasteiger partial charge in [-0.2, -0.15) is 0 Å². The second kappa shape index (κ2) is 6.48. The molecule has 1 aromatic carbocycles. The predicted molar refractivity (Wildman–Crippen MR) is 81.7 cm³/mol. The highest BCUT2D eigenvalue weighted by Crippen LogP contribution is 2.24. The summed E-state index contributed by atoms with van der Waals surface area (Å²) in [6.45, 7) is 0.930. The normalized spacial score (nSPS) is 20.0. The van der Waals surface area contributed by atoms with Gasteiger partial charge in [-0.15, -0.1) is 12.4 Å². The van der Waals surface area contributed by atoms with Crippen molar-refractivity contribution in [2.24, 2.45) is 5.92 Å². The van der Waals surface area contributed by atoms with E-state index in [9.17, 15) is 9.59 Å². The first-order valence-electron chi connectivity index (χ1n) is 7.25. The van der Waals surface area contributed by atoms with E-state index in [1.807, 2.05) is 6.07 Å². The molecule has 1 fully saturated rings. The fourth-order valence-corrected chi connectivity index (χ4v) is 3.21. The van der Waals surface area contributed by atoms with Crippen molar-refractivity contribution < 1.29 is 14.7 Å². The third-order valence-corrected chi connectivity index (χ3v) is 4.41. The Morgan fingerprint density at radius 3 is 2.71 bits per heavy atom. The summed E-state index contributed by atoms with van der Waals surface area (Å²) in [7, 11) is 0.